The molecule has 2 rings (SSSR count). The van der Waals surface area contributed by atoms with Gasteiger partial charge in [-0.2, -0.15) is 0 Å². The number of thioether (sulfide) groups is 2. The molecule has 0 fully saturated rings. The zero-order chi connectivity index (χ0) is 14.8. The number of nitrogens with zero attached hydrogens (tertiary/aromatic N) is 1. The van der Waals surface area contributed by atoms with Crippen LogP contribution in [0.25, 0.3) is 0 Å². The second-order valence-corrected chi connectivity index (χ2v) is 8.53. The summed E-state index contributed by atoms with van der Waals surface area (Å²) in [6.07, 6.45) is 0. The van der Waals surface area contributed by atoms with Crippen molar-refractivity contribution in [3.05, 3.63) is 35.4 Å². The summed E-state index contributed by atoms with van der Waals surface area (Å²) in [7, 11) is 0. The lowest BCUT2D eigenvalue weighted by Gasteiger charge is -2.31. The second-order valence-electron chi connectivity index (χ2n) is 4.74. The van der Waals surface area contributed by atoms with Crippen LogP contribution in [-0.4, -0.2) is 38.8 Å². The predicted molar refractivity (Wildman–Crippen MR) is 86.5 cm³/mol. The van der Waals surface area contributed by atoms with Crippen LogP contribution in [-0.2, 0) is 0 Å². The average Bonchev–Trinajstić information content (AvgIpc) is 2.65. The van der Waals surface area contributed by atoms with Crippen LogP contribution >= 0.6 is 23.5 Å². The minimum Gasteiger partial charge on any atom is -0.272 e. The van der Waals surface area contributed by atoms with Gasteiger partial charge in [-0.05, 0) is 30.6 Å². The number of fused-ring (bicyclic) bond motifs is 1. The Kier molecular flexibility index (Phi) is 4.81. The minimum absolute atomic E-state index is 0.142. The van der Waals surface area contributed by atoms with Gasteiger partial charge in [0.15, 0.2) is 0 Å². The van der Waals surface area contributed by atoms with Gasteiger partial charge in [-0.25, -0.2) is 0 Å². The number of carbonyl (C=O) groups excluding carboxylic acids is 2. The van der Waals surface area contributed by atoms with Gasteiger partial charge in [0.05, 0.1) is 21.8 Å². The van der Waals surface area contributed by atoms with Gasteiger partial charge in [0.25, 0.3) is 11.8 Å². The maximum Gasteiger partial charge on any atom is 0.261 e. The molecule has 0 aliphatic carbocycles. The molecule has 1 aromatic carbocycles. The molecule has 1 heterocycles. The van der Waals surface area contributed by atoms with Gasteiger partial charge >= 0.3 is 0 Å². The Balaban J connectivity index is 2.23. The van der Waals surface area contributed by atoms with Crippen molar-refractivity contribution in [3.63, 3.8) is 0 Å². The summed E-state index contributed by atoms with van der Waals surface area (Å²) >= 11 is 3.58. The molecule has 1 aliphatic rings. The van der Waals surface area contributed by atoms with Crippen molar-refractivity contribution in [3.8, 4) is 0 Å². The van der Waals surface area contributed by atoms with Gasteiger partial charge in [-0.15, -0.1) is 23.5 Å². The first kappa shape index (κ1) is 15.4. The van der Waals surface area contributed by atoms with Crippen LogP contribution in [0.15, 0.2) is 24.3 Å². The largest absolute Gasteiger partial charge is 0.272 e. The second kappa shape index (κ2) is 6.22. The maximum atomic E-state index is 12.4. The van der Waals surface area contributed by atoms with E-state index in [2.05, 4.69) is 20.8 Å². The Hall–Kier alpha value is -0.940. The molecule has 3 nitrogen and oxygen atoms in total. The fourth-order valence-corrected chi connectivity index (χ4v) is 5.12. The predicted octanol–water partition coefficient (Wildman–Crippen LogP) is 3.51. The summed E-state index contributed by atoms with van der Waals surface area (Å²) in [5, 5.41) is 0. The highest BCUT2D eigenvalue weighted by Gasteiger charge is 2.39. The number of imide groups is 1. The van der Waals surface area contributed by atoms with Gasteiger partial charge in [0, 0.05) is 0 Å². The smallest absolute Gasteiger partial charge is 0.261 e. The Morgan fingerprint density at radius 2 is 1.45 bits per heavy atom. The van der Waals surface area contributed by atoms with Crippen molar-refractivity contribution in [1.29, 1.82) is 0 Å². The van der Waals surface area contributed by atoms with Crippen LogP contribution in [0.4, 0.5) is 0 Å². The van der Waals surface area contributed by atoms with Crippen molar-refractivity contribution in [1.82, 2.24) is 4.90 Å². The van der Waals surface area contributed by atoms with Crippen molar-refractivity contribution < 1.29 is 9.59 Å². The summed E-state index contributed by atoms with van der Waals surface area (Å²) in [5.74, 6) is 1.61. The van der Waals surface area contributed by atoms with E-state index in [4.69, 9.17) is 0 Å². The average molecular weight is 309 g/mol. The monoisotopic (exact) mass is 309 g/mol. The van der Waals surface area contributed by atoms with Crippen LogP contribution in [0.5, 0.6) is 0 Å². The highest BCUT2D eigenvalue weighted by atomic mass is 32.2. The van der Waals surface area contributed by atoms with E-state index in [1.165, 1.54) is 4.90 Å². The van der Waals surface area contributed by atoms with E-state index in [0.29, 0.717) is 17.7 Å². The fraction of sp³-hybridized carbons (Fsp3) is 0.467. The van der Waals surface area contributed by atoms with E-state index >= 15 is 0 Å². The van der Waals surface area contributed by atoms with E-state index < -0.39 is 0 Å². The molecule has 1 aromatic rings. The van der Waals surface area contributed by atoms with E-state index in [9.17, 15) is 9.59 Å². The molecule has 0 bridgehead atoms. The van der Waals surface area contributed by atoms with Gasteiger partial charge < -0.3 is 0 Å². The standard InChI is InChI=1S/C15H19NO2S2/c1-4-19-15(3,20-5-2)10-16-13(17)11-8-6-7-9-12(11)14(16)18/h6-9H,4-5,10H2,1-3H3. The highest BCUT2D eigenvalue weighted by Crippen LogP contribution is 2.39. The lowest BCUT2D eigenvalue weighted by molar-refractivity contribution is 0.0652. The van der Waals surface area contributed by atoms with Gasteiger partial charge in [-0.1, -0.05) is 26.0 Å². The maximum absolute atomic E-state index is 12.4. The number of benzene rings is 1. The molecular weight excluding hydrogens is 290 g/mol. The summed E-state index contributed by atoms with van der Waals surface area (Å²) in [6.45, 7) is 6.76. The minimum atomic E-state index is -0.162. The van der Waals surface area contributed by atoms with E-state index in [0.717, 1.165) is 11.5 Å². The summed E-state index contributed by atoms with van der Waals surface area (Å²) in [5.41, 5.74) is 1.06. The Morgan fingerprint density at radius 3 is 1.85 bits per heavy atom. The Morgan fingerprint density at radius 1 is 1.00 bits per heavy atom. The third-order valence-electron chi connectivity index (χ3n) is 3.22. The van der Waals surface area contributed by atoms with Crippen molar-refractivity contribution in [2.24, 2.45) is 0 Å². The van der Waals surface area contributed by atoms with Crippen molar-refractivity contribution in [2.75, 3.05) is 18.1 Å². The number of amides is 2. The van der Waals surface area contributed by atoms with Crippen molar-refractivity contribution in [2.45, 2.75) is 24.9 Å². The molecule has 0 N–H and O–H groups in total. The van der Waals surface area contributed by atoms with Gasteiger partial charge in [-0.3, -0.25) is 14.5 Å². The number of hydrogen-bond donors (Lipinski definition) is 0. The van der Waals surface area contributed by atoms with Gasteiger partial charge in [0.1, 0.15) is 0 Å². The Bertz CT molecular complexity index is 489. The molecule has 0 saturated heterocycles. The SMILES string of the molecule is CCSC(C)(CN1C(=O)c2ccccc2C1=O)SCC. The summed E-state index contributed by atoms with van der Waals surface area (Å²) < 4.78 is -0.142. The molecule has 20 heavy (non-hydrogen) atoms. The first-order valence-electron chi connectivity index (χ1n) is 6.75. The molecule has 2 amide bonds. The molecule has 5 heteroatoms. The molecule has 1 aliphatic heterocycles. The molecule has 0 aromatic heterocycles. The highest BCUT2D eigenvalue weighted by molar-refractivity contribution is 8.18. The van der Waals surface area contributed by atoms with Crippen LogP contribution in [0.2, 0.25) is 0 Å². The van der Waals surface area contributed by atoms with E-state index in [-0.39, 0.29) is 15.9 Å². The van der Waals surface area contributed by atoms with Crippen LogP contribution in [0, 0.1) is 0 Å². The third-order valence-corrected chi connectivity index (χ3v) is 5.99. The van der Waals surface area contributed by atoms with E-state index in [1.54, 1.807) is 47.8 Å². The van der Waals surface area contributed by atoms with Crippen LogP contribution in [0.3, 0.4) is 0 Å². The van der Waals surface area contributed by atoms with Crippen molar-refractivity contribution >= 4 is 35.3 Å². The first-order chi connectivity index (χ1) is 9.52. The van der Waals surface area contributed by atoms with Gasteiger partial charge in [0.2, 0.25) is 0 Å². The van der Waals surface area contributed by atoms with Crippen LogP contribution in [0.1, 0.15) is 41.5 Å². The number of rotatable bonds is 6. The first-order valence-corrected chi connectivity index (χ1v) is 8.72. The third kappa shape index (κ3) is 2.88. The van der Waals surface area contributed by atoms with E-state index in [1.807, 2.05) is 0 Å². The topological polar surface area (TPSA) is 37.4 Å². The molecule has 108 valence electrons. The molecule has 0 atom stereocenters. The molecule has 0 saturated carbocycles. The number of hydrogen-bond acceptors (Lipinski definition) is 4. The normalized spacial score (nSPS) is 14.8. The Labute approximate surface area is 128 Å². The molecule has 0 radical (unpaired) electrons. The number of carbonyl (C=O) groups is 2. The lowest BCUT2D eigenvalue weighted by Crippen LogP contribution is -2.40. The quantitative estimate of drug-likeness (QED) is 0.595. The molecule has 0 spiro atoms. The lowest BCUT2D eigenvalue weighted by atomic mass is 10.1. The summed E-state index contributed by atoms with van der Waals surface area (Å²) in [4.78, 5) is 26.2. The molecular formula is C15H19NO2S2. The van der Waals surface area contributed by atoms with Crippen LogP contribution < -0.4 is 0 Å². The fourth-order valence-electron chi connectivity index (χ4n) is 2.41. The molecule has 0 unspecified atom stereocenters. The zero-order valence-corrected chi connectivity index (χ0v) is 13.6. The zero-order valence-electron chi connectivity index (χ0n) is 12.0. The summed E-state index contributed by atoms with van der Waals surface area (Å²) in [6, 6.07) is 7.06.